The molecule has 0 spiro atoms. The number of rotatable bonds is 5. The summed E-state index contributed by atoms with van der Waals surface area (Å²) < 4.78 is 4.63. The molecule has 2 aromatic rings. The highest BCUT2D eigenvalue weighted by Crippen LogP contribution is 2.13. The van der Waals surface area contributed by atoms with Crippen LogP contribution >= 0.6 is 0 Å². The minimum atomic E-state index is -0.433. The summed E-state index contributed by atoms with van der Waals surface area (Å²) in [6.45, 7) is 2.39. The van der Waals surface area contributed by atoms with Crippen molar-refractivity contribution in [3.8, 4) is 0 Å². The summed E-state index contributed by atoms with van der Waals surface area (Å²) in [6, 6.07) is 5.13. The predicted molar refractivity (Wildman–Crippen MR) is 77.7 cm³/mol. The van der Waals surface area contributed by atoms with Crippen molar-refractivity contribution in [3.05, 3.63) is 36.2 Å². The molecule has 6 nitrogen and oxygen atoms in total. The van der Waals surface area contributed by atoms with E-state index in [0.717, 1.165) is 11.9 Å². The van der Waals surface area contributed by atoms with Gasteiger partial charge in [-0.05, 0) is 24.6 Å². The fourth-order valence-electron chi connectivity index (χ4n) is 2.02. The molecule has 0 N–H and O–H groups in total. The molecule has 0 aliphatic carbocycles. The molecule has 0 atom stereocenters. The van der Waals surface area contributed by atoms with Gasteiger partial charge in [-0.1, -0.05) is 6.92 Å². The average Bonchev–Trinajstić information content (AvgIpc) is 2.53. The molecule has 0 aliphatic heterocycles. The Morgan fingerprint density at radius 3 is 2.57 bits per heavy atom. The number of methoxy groups -OCH3 is 1. The lowest BCUT2D eigenvalue weighted by Gasteiger charge is -2.20. The van der Waals surface area contributed by atoms with Crippen LogP contribution in [0.25, 0.3) is 11.0 Å². The van der Waals surface area contributed by atoms with Crippen molar-refractivity contribution in [3.63, 3.8) is 0 Å². The van der Waals surface area contributed by atoms with Crippen LogP contribution in [0.1, 0.15) is 23.7 Å². The third-order valence-electron chi connectivity index (χ3n) is 3.04. The van der Waals surface area contributed by atoms with E-state index in [1.807, 2.05) is 6.92 Å². The van der Waals surface area contributed by atoms with Crippen LogP contribution in [0, 0.1) is 0 Å². The van der Waals surface area contributed by atoms with Gasteiger partial charge < -0.3 is 9.64 Å². The van der Waals surface area contributed by atoms with E-state index in [9.17, 15) is 9.59 Å². The monoisotopic (exact) mass is 287 g/mol. The van der Waals surface area contributed by atoms with E-state index >= 15 is 0 Å². The fourth-order valence-corrected chi connectivity index (χ4v) is 2.02. The Kier molecular flexibility index (Phi) is 4.81. The zero-order valence-electron chi connectivity index (χ0n) is 12.1. The second-order valence-electron chi connectivity index (χ2n) is 4.56. The molecule has 0 fully saturated rings. The second-order valence-corrected chi connectivity index (χ2v) is 4.56. The van der Waals surface area contributed by atoms with Crippen LogP contribution in [0.4, 0.5) is 0 Å². The molecule has 1 aromatic heterocycles. The molecule has 1 heterocycles. The summed E-state index contributed by atoms with van der Waals surface area (Å²) >= 11 is 0. The molecular formula is C15H17N3O3. The standard InChI is InChI=1S/C15H17N3O3/c1-3-8-18(10-14(19)21-2)15(20)11-4-5-12-13(9-11)17-7-6-16-12/h4-7,9H,3,8,10H2,1-2H3. The van der Waals surface area contributed by atoms with Crippen LogP contribution in [0.3, 0.4) is 0 Å². The zero-order chi connectivity index (χ0) is 15.2. The summed E-state index contributed by atoms with van der Waals surface area (Å²) in [6.07, 6.45) is 3.94. The topological polar surface area (TPSA) is 72.4 Å². The van der Waals surface area contributed by atoms with Crippen LogP contribution in [0.5, 0.6) is 0 Å². The van der Waals surface area contributed by atoms with Crippen molar-refractivity contribution in [2.45, 2.75) is 13.3 Å². The van der Waals surface area contributed by atoms with Crippen LogP contribution in [-0.2, 0) is 9.53 Å². The third kappa shape index (κ3) is 3.53. The van der Waals surface area contributed by atoms with E-state index in [-0.39, 0.29) is 12.5 Å². The summed E-state index contributed by atoms with van der Waals surface area (Å²) in [4.78, 5) is 33.7. The van der Waals surface area contributed by atoms with Crippen molar-refractivity contribution < 1.29 is 14.3 Å². The number of carbonyl (C=O) groups is 2. The Hall–Kier alpha value is -2.50. The number of esters is 1. The van der Waals surface area contributed by atoms with Crippen LogP contribution in [0.15, 0.2) is 30.6 Å². The van der Waals surface area contributed by atoms with Gasteiger partial charge in [0.25, 0.3) is 5.91 Å². The van der Waals surface area contributed by atoms with Crippen molar-refractivity contribution in [2.24, 2.45) is 0 Å². The van der Waals surface area contributed by atoms with Gasteiger partial charge in [0.1, 0.15) is 6.54 Å². The number of amides is 1. The van der Waals surface area contributed by atoms with Crippen LogP contribution in [0.2, 0.25) is 0 Å². The number of aromatic nitrogens is 2. The van der Waals surface area contributed by atoms with Crippen molar-refractivity contribution in [2.75, 3.05) is 20.2 Å². The minimum absolute atomic E-state index is 0.0539. The molecule has 0 saturated carbocycles. The van der Waals surface area contributed by atoms with E-state index in [1.165, 1.54) is 12.0 Å². The predicted octanol–water partition coefficient (Wildman–Crippen LogP) is 1.65. The molecule has 0 radical (unpaired) electrons. The number of ether oxygens (including phenoxy) is 1. The highest BCUT2D eigenvalue weighted by Gasteiger charge is 2.18. The minimum Gasteiger partial charge on any atom is -0.468 e. The third-order valence-corrected chi connectivity index (χ3v) is 3.04. The molecule has 0 aliphatic rings. The van der Waals surface area contributed by atoms with Crippen LogP contribution < -0.4 is 0 Å². The first-order chi connectivity index (χ1) is 10.2. The van der Waals surface area contributed by atoms with Gasteiger partial charge in [0, 0.05) is 24.5 Å². The number of hydrogen-bond acceptors (Lipinski definition) is 5. The quantitative estimate of drug-likeness (QED) is 0.782. The van der Waals surface area contributed by atoms with Gasteiger partial charge in [0.2, 0.25) is 0 Å². The lowest BCUT2D eigenvalue weighted by Crippen LogP contribution is -2.36. The fraction of sp³-hybridized carbons (Fsp3) is 0.333. The van der Waals surface area contributed by atoms with Gasteiger partial charge in [-0.3, -0.25) is 19.6 Å². The molecule has 21 heavy (non-hydrogen) atoms. The van der Waals surface area contributed by atoms with Crippen molar-refractivity contribution in [1.82, 2.24) is 14.9 Å². The molecule has 0 bridgehead atoms. The van der Waals surface area contributed by atoms with E-state index in [2.05, 4.69) is 14.7 Å². The van der Waals surface area contributed by atoms with E-state index in [0.29, 0.717) is 17.6 Å². The summed E-state index contributed by atoms with van der Waals surface area (Å²) in [5.41, 5.74) is 1.86. The largest absolute Gasteiger partial charge is 0.468 e. The maximum Gasteiger partial charge on any atom is 0.325 e. The smallest absolute Gasteiger partial charge is 0.325 e. The SMILES string of the molecule is CCCN(CC(=O)OC)C(=O)c1ccc2nccnc2c1. The van der Waals surface area contributed by atoms with Crippen LogP contribution in [-0.4, -0.2) is 46.9 Å². The summed E-state index contributed by atoms with van der Waals surface area (Å²) in [5.74, 6) is -0.646. The van der Waals surface area contributed by atoms with E-state index in [4.69, 9.17) is 0 Å². The molecule has 110 valence electrons. The number of carbonyl (C=O) groups excluding carboxylic acids is 2. The van der Waals surface area contributed by atoms with Crippen molar-refractivity contribution >= 4 is 22.9 Å². The van der Waals surface area contributed by atoms with Gasteiger partial charge in [0.05, 0.1) is 18.1 Å². The van der Waals surface area contributed by atoms with Crippen molar-refractivity contribution in [1.29, 1.82) is 0 Å². The van der Waals surface area contributed by atoms with Gasteiger partial charge in [0.15, 0.2) is 0 Å². The average molecular weight is 287 g/mol. The van der Waals surface area contributed by atoms with Gasteiger partial charge in [-0.2, -0.15) is 0 Å². The molecule has 0 unspecified atom stereocenters. The van der Waals surface area contributed by atoms with Gasteiger partial charge >= 0.3 is 5.97 Å². The molecule has 2 rings (SSSR count). The molecule has 1 aromatic carbocycles. The van der Waals surface area contributed by atoms with E-state index in [1.54, 1.807) is 30.6 Å². The Bertz CT molecular complexity index is 657. The Morgan fingerprint density at radius 2 is 1.90 bits per heavy atom. The first-order valence-corrected chi connectivity index (χ1v) is 6.72. The first-order valence-electron chi connectivity index (χ1n) is 6.72. The summed E-state index contributed by atoms with van der Waals surface area (Å²) in [5, 5.41) is 0. The Morgan fingerprint density at radius 1 is 1.19 bits per heavy atom. The van der Waals surface area contributed by atoms with E-state index < -0.39 is 5.97 Å². The first kappa shape index (κ1) is 14.9. The zero-order valence-corrected chi connectivity index (χ0v) is 12.1. The second kappa shape index (κ2) is 6.78. The Labute approximate surface area is 122 Å². The maximum atomic E-state index is 12.5. The number of benzene rings is 1. The summed E-state index contributed by atoms with van der Waals surface area (Å²) in [7, 11) is 1.31. The Balaban J connectivity index is 2.27. The number of hydrogen-bond donors (Lipinski definition) is 0. The normalized spacial score (nSPS) is 10.4. The molecule has 0 saturated heterocycles. The lowest BCUT2D eigenvalue weighted by molar-refractivity contribution is -0.141. The number of fused-ring (bicyclic) bond motifs is 1. The molecule has 6 heteroatoms. The van der Waals surface area contributed by atoms with Gasteiger partial charge in [-0.15, -0.1) is 0 Å². The van der Waals surface area contributed by atoms with Gasteiger partial charge in [-0.25, -0.2) is 0 Å². The lowest BCUT2D eigenvalue weighted by atomic mass is 10.1. The highest BCUT2D eigenvalue weighted by molar-refractivity contribution is 5.98. The molecular weight excluding hydrogens is 270 g/mol. The maximum absolute atomic E-state index is 12.5. The number of nitrogens with zero attached hydrogens (tertiary/aromatic N) is 3. The molecule has 1 amide bonds. The highest BCUT2D eigenvalue weighted by atomic mass is 16.5.